The summed E-state index contributed by atoms with van der Waals surface area (Å²) < 4.78 is 0. The molecule has 5 nitrogen and oxygen atoms in total. The van der Waals surface area contributed by atoms with Gasteiger partial charge in [-0.1, -0.05) is 24.3 Å². The van der Waals surface area contributed by atoms with Crippen LogP contribution in [0.3, 0.4) is 0 Å². The number of rotatable bonds is 2. The highest BCUT2D eigenvalue weighted by molar-refractivity contribution is 5.78. The Kier molecular flexibility index (Phi) is 3.35. The fraction of sp³-hybridized carbons (Fsp3) is 0.250. The molecule has 0 spiro atoms. The molecule has 2 aromatic rings. The predicted octanol–water partition coefficient (Wildman–Crippen LogP) is 2.16. The molecule has 21 heavy (non-hydrogen) atoms. The van der Waals surface area contributed by atoms with Crippen LogP contribution in [0.15, 0.2) is 53.8 Å². The Morgan fingerprint density at radius 2 is 2.05 bits per heavy atom. The average Bonchev–Trinajstić information content (AvgIpc) is 2.52. The van der Waals surface area contributed by atoms with Gasteiger partial charge in [-0.05, 0) is 35.7 Å². The molecule has 0 aliphatic carbocycles. The van der Waals surface area contributed by atoms with Crippen molar-refractivity contribution in [3.8, 4) is 11.1 Å². The first-order chi connectivity index (χ1) is 10.1. The highest BCUT2D eigenvalue weighted by Gasteiger charge is 2.32. The van der Waals surface area contributed by atoms with E-state index in [1.165, 1.54) is 5.06 Å². The third-order valence-corrected chi connectivity index (χ3v) is 3.70. The SMILES string of the molecule is CN1OCC(C)(c2cccc(-c3cccnc3)c2)N=C1N. The second kappa shape index (κ2) is 5.18. The zero-order valence-corrected chi connectivity index (χ0v) is 12.2. The van der Waals surface area contributed by atoms with Crippen molar-refractivity contribution >= 4 is 5.96 Å². The number of guanidine groups is 1. The topological polar surface area (TPSA) is 63.7 Å². The molecule has 108 valence electrons. The van der Waals surface area contributed by atoms with Crippen molar-refractivity contribution in [2.75, 3.05) is 13.7 Å². The summed E-state index contributed by atoms with van der Waals surface area (Å²) in [5.74, 6) is 0.385. The molecule has 0 amide bonds. The minimum Gasteiger partial charge on any atom is -0.368 e. The van der Waals surface area contributed by atoms with E-state index in [1.807, 2.05) is 37.4 Å². The van der Waals surface area contributed by atoms with E-state index in [1.54, 1.807) is 13.2 Å². The highest BCUT2D eigenvalue weighted by Crippen LogP contribution is 2.31. The Morgan fingerprint density at radius 3 is 2.76 bits per heavy atom. The van der Waals surface area contributed by atoms with E-state index in [2.05, 4.69) is 22.1 Å². The Bertz CT molecular complexity index is 671. The minimum absolute atomic E-state index is 0.385. The van der Waals surface area contributed by atoms with Crippen molar-refractivity contribution in [3.05, 3.63) is 54.4 Å². The maximum Gasteiger partial charge on any atom is 0.216 e. The zero-order chi connectivity index (χ0) is 14.9. The third kappa shape index (κ3) is 2.60. The predicted molar refractivity (Wildman–Crippen MR) is 82.4 cm³/mol. The molecule has 1 atom stereocenters. The largest absolute Gasteiger partial charge is 0.368 e. The summed E-state index contributed by atoms with van der Waals surface area (Å²) >= 11 is 0. The summed E-state index contributed by atoms with van der Waals surface area (Å²) in [6.07, 6.45) is 3.62. The first-order valence-corrected chi connectivity index (χ1v) is 6.81. The number of nitrogens with two attached hydrogens (primary N) is 1. The molecule has 0 saturated heterocycles. The van der Waals surface area contributed by atoms with Gasteiger partial charge >= 0.3 is 0 Å². The van der Waals surface area contributed by atoms with Gasteiger partial charge in [-0.15, -0.1) is 0 Å². The molecule has 1 aromatic carbocycles. The van der Waals surface area contributed by atoms with Gasteiger partial charge in [0.25, 0.3) is 0 Å². The summed E-state index contributed by atoms with van der Waals surface area (Å²) in [5, 5.41) is 1.49. The lowest BCUT2D eigenvalue weighted by molar-refractivity contribution is -0.113. The van der Waals surface area contributed by atoms with Crippen LogP contribution < -0.4 is 5.73 Å². The van der Waals surface area contributed by atoms with Gasteiger partial charge in [-0.3, -0.25) is 9.82 Å². The Balaban J connectivity index is 2.01. The average molecular weight is 282 g/mol. The van der Waals surface area contributed by atoms with E-state index in [0.717, 1.165) is 16.7 Å². The Hall–Kier alpha value is -2.40. The summed E-state index contributed by atoms with van der Waals surface area (Å²) in [6.45, 7) is 2.48. The Morgan fingerprint density at radius 1 is 1.24 bits per heavy atom. The van der Waals surface area contributed by atoms with Crippen LogP contribution in [-0.4, -0.2) is 29.7 Å². The van der Waals surface area contributed by atoms with Gasteiger partial charge < -0.3 is 5.73 Å². The molecule has 0 saturated carbocycles. The molecule has 1 unspecified atom stereocenters. The number of aliphatic imine (C=N–C) groups is 1. The van der Waals surface area contributed by atoms with Gasteiger partial charge in [0.15, 0.2) is 0 Å². The fourth-order valence-electron chi connectivity index (χ4n) is 2.36. The van der Waals surface area contributed by atoms with Crippen LogP contribution in [0.2, 0.25) is 0 Å². The van der Waals surface area contributed by atoms with E-state index in [0.29, 0.717) is 12.6 Å². The van der Waals surface area contributed by atoms with Crippen LogP contribution in [0.1, 0.15) is 12.5 Å². The van der Waals surface area contributed by atoms with E-state index in [-0.39, 0.29) is 0 Å². The van der Waals surface area contributed by atoms with Crippen molar-refractivity contribution < 1.29 is 4.84 Å². The lowest BCUT2D eigenvalue weighted by atomic mass is 9.91. The standard InChI is InChI=1S/C16H18N4O/c1-16(11-21-20(2)15(17)19-16)14-7-3-5-12(9-14)13-6-4-8-18-10-13/h3-10H,11H2,1-2H3,(H2,17,19). The molecular weight excluding hydrogens is 264 g/mol. The molecule has 1 aliphatic heterocycles. The quantitative estimate of drug-likeness (QED) is 0.916. The van der Waals surface area contributed by atoms with Crippen LogP contribution in [-0.2, 0) is 10.4 Å². The molecule has 0 bridgehead atoms. The summed E-state index contributed by atoms with van der Waals surface area (Å²) in [5.41, 5.74) is 8.66. The van der Waals surface area contributed by atoms with Crippen LogP contribution in [0.5, 0.6) is 0 Å². The van der Waals surface area contributed by atoms with Crippen LogP contribution in [0.4, 0.5) is 0 Å². The number of nitrogens with zero attached hydrogens (tertiary/aromatic N) is 3. The number of aromatic nitrogens is 1. The lowest BCUT2D eigenvalue weighted by Crippen LogP contribution is -2.45. The van der Waals surface area contributed by atoms with Gasteiger partial charge in [-0.25, -0.2) is 10.1 Å². The summed E-state index contributed by atoms with van der Waals surface area (Å²) in [4.78, 5) is 14.3. The van der Waals surface area contributed by atoms with E-state index in [4.69, 9.17) is 10.6 Å². The first-order valence-electron chi connectivity index (χ1n) is 6.81. The van der Waals surface area contributed by atoms with Gasteiger partial charge in [0.2, 0.25) is 5.96 Å². The number of benzene rings is 1. The lowest BCUT2D eigenvalue weighted by Gasteiger charge is -2.34. The monoisotopic (exact) mass is 282 g/mol. The second-order valence-corrected chi connectivity index (χ2v) is 5.34. The van der Waals surface area contributed by atoms with Crippen molar-refractivity contribution in [1.82, 2.24) is 10.0 Å². The number of hydrogen-bond donors (Lipinski definition) is 1. The summed E-state index contributed by atoms with van der Waals surface area (Å²) in [7, 11) is 1.75. The highest BCUT2D eigenvalue weighted by atomic mass is 16.7. The molecule has 1 aliphatic rings. The molecule has 0 radical (unpaired) electrons. The zero-order valence-electron chi connectivity index (χ0n) is 12.2. The van der Waals surface area contributed by atoms with Crippen molar-refractivity contribution in [3.63, 3.8) is 0 Å². The molecule has 0 fully saturated rings. The van der Waals surface area contributed by atoms with Crippen LogP contribution in [0.25, 0.3) is 11.1 Å². The van der Waals surface area contributed by atoms with E-state index < -0.39 is 5.54 Å². The van der Waals surface area contributed by atoms with Crippen LogP contribution in [0, 0.1) is 0 Å². The first kappa shape index (κ1) is 13.6. The summed E-state index contributed by atoms with van der Waals surface area (Å²) in [6, 6.07) is 12.2. The van der Waals surface area contributed by atoms with Gasteiger partial charge in [0.1, 0.15) is 12.1 Å². The van der Waals surface area contributed by atoms with E-state index in [9.17, 15) is 0 Å². The fourth-order valence-corrected chi connectivity index (χ4v) is 2.36. The molecule has 5 heteroatoms. The second-order valence-electron chi connectivity index (χ2n) is 5.34. The van der Waals surface area contributed by atoms with Crippen molar-refractivity contribution in [2.24, 2.45) is 10.7 Å². The van der Waals surface area contributed by atoms with Crippen molar-refractivity contribution in [1.29, 1.82) is 0 Å². The molecule has 1 aromatic heterocycles. The third-order valence-electron chi connectivity index (χ3n) is 3.70. The molecule has 2 heterocycles. The van der Waals surface area contributed by atoms with Gasteiger partial charge in [0.05, 0.1) is 0 Å². The number of hydroxylamine groups is 2. The molecule has 3 rings (SSSR count). The van der Waals surface area contributed by atoms with E-state index >= 15 is 0 Å². The maximum atomic E-state index is 5.88. The maximum absolute atomic E-state index is 5.88. The van der Waals surface area contributed by atoms with Crippen molar-refractivity contribution in [2.45, 2.75) is 12.5 Å². The Labute approximate surface area is 124 Å². The minimum atomic E-state index is -0.477. The molecule has 2 N–H and O–H groups in total. The molecular formula is C16H18N4O. The number of pyridine rings is 1. The van der Waals surface area contributed by atoms with Crippen LogP contribution >= 0.6 is 0 Å². The normalized spacial score (nSPS) is 22.0. The van der Waals surface area contributed by atoms with Gasteiger partial charge in [-0.2, -0.15) is 0 Å². The number of hydrogen-bond acceptors (Lipinski definition) is 5. The smallest absolute Gasteiger partial charge is 0.216 e. The van der Waals surface area contributed by atoms with Gasteiger partial charge in [0, 0.05) is 19.4 Å².